The van der Waals surface area contributed by atoms with E-state index < -0.39 is 0 Å². The van der Waals surface area contributed by atoms with E-state index in [-0.39, 0.29) is 0 Å². The first-order valence-electron chi connectivity index (χ1n) is 5.07. The molecule has 0 saturated heterocycles. The second kappa shape index (κ2) is 3.18. The molecule has 1 N–H and O–H groups in total. The Morgan fingerprint density at radius 1 is 1.54 bits per heavy atom. The number of hydrogen-bond acceptors (Lipinski definition) is 1. The molecule has 1 aromatic rings. The van der Waals surface area contributed by atoms with Crippen molar-refractivity contribution >= 4 is 0 Å². The summed E-state index contributed by atoms with van der Waals surface area (Å²) in [7, 11) is 2.14. The Labute approximate surface area is 79.9 Å². The fourth-order valence-corrected chi connectivity index (χ4v) is 2.23. The quantitative estimate of drug-likeness (QED) is 0.694. The average molecular weight is 178 g/mol. The molecule has 1 aromatic heterocycles. The highest BCUT2D eigenvalue weighted by molar-refractivity contribution is 5.28. The summed E-state index contributed by atoms with van der Waals surface area (Å²) >= 11 is 0. The molecule has 2 heteroatoms. The van der Waals surface area contributed by atoms with Crippen LogP contribution in [-0.4, -0.2) is 11.1 Å². The molecule has 0 spiro atoms. The van der Waals surface area contributed by atoms with Crippen LogP contribution in [0.5, 0.6) is 0 Å². The normalized spacial score (nSPS) is 22.0. The highest BCUT2D eigenvalue weighted by Crippen LogP contribution is 2.28. The van der Waals surface area contributed by atoms with Crippen molar-refractivity contribution in [2.75, 3.05) is 6.54 Å². The molecule has 0 fully saturated rings. The maximum atomic E-state index is 3.58. The number of aromatic nitrogens is 1. The molecule has 0 bridgehead atoms. The molecule has 0 saturated carbocycles. The van der Waals surface area contributed by atoms with Crippen LogP contribution in [0, 0.1) is 5.92 Å². The van der Waals surface area contributed by atoms with Gasteiger partial charge in [-0.3, -0.25) is 0 Å². The fraction of sp³-hybridized carbons (Fsp3) is 0.636. The lowest BCUT2D eigenvalue weighted by Gasteiger charge is -2.28. The van der Waals surface area contributed by atoms with Gasteiger partial charge in [-0.15, -0.1) is 0 Å². The summed E-state index contributed by atoms with van der Waals surface area (Å²) in [6, 6.07) is 2.80. The van der Waals surface area contributed by atoms with Gasteiger partial charge in [0.15, 0.2) is 0 Å². The predicted octanol–water partition coefficient (Wildman–Crippen LogP) is 1.87. The molecule has 72 valence electrons. The van der Waals surface area contributed by atoms with Gasteiger partial charge in [-0.05, 0) is 30.5 Å². The monoisotopic (exact) mass is 178 g/mol. The lowest BCUT2D eigenvalue weighted by molar-refractivity contribution is 0.378. The second-order valence-corrected chi connectivity index (χ2v) is 4.26. The van der Waals surface area contributed by atoms with Gasteiger partial charge in [0.2, 0.25) is 0 Å². The Morgan fingerprint density at radius 2 is 2.31 bits per heavy atom. The Balaban J connectivity index is 2.40. The summed E-state index contributed by atoms with van der Waals surface area (Å²) in [5.74, 6) is 0.674. The molecular formula is C11H18N2. The van der Waals surface area contributed by atoms with Gasteiger partial charge >= 0.3 is 0 Å². The van der Waals surface area contributed by atoms with E-state index >= 15 is 0 Å². The van der Waals surface area contributed by atoms with Gasteiger partial charge in [-0.2, -0.15) is 0 Å². The predicted molar refractivity (Wildman–Crippen MR) is 54.7 cm³/mol. The number of hydrogen-bond donors (Lipinski definition) is 1. The van der Waals surface area contributed by atoms with Crippen molar-refractivity contribution in [1.82, 2.24) is 9.88 Å². The molecule has 0 amide bonds. The van der Waals surface area contributed by atoms with Crippen LogP contribution in [0.3, 0.4) is 0 Å². The Morgan fingerprint density at radius 3 is 3.00 bits per heavy atom. The molecule has 1 aliphatic heterocycles. The van der Waals surface area contributed by atoms with Crippen LogP contribution >= 0.6 is 0 Å². The SMILES string of the molecule is CC(C)C1NCCc2ccn(C)c21. The molecule has 13 heavy (non-hydrogen) atoms. The van der Waals surface area contributed by atoms with E-state index in [4.69, 9.17) is 0 Å². The van der Waals surface area contributed by atoms with E-state index in [0.29, 0.717) is 12.0 Å². The van der Waals surface area contributed by atoms with Gasteiger partial charge in [0, 0.05) is 18.9 Å². The fourth-order valence-electron chi connectivity index (χ4n) is 2.23. The molecular weight excluding hydrogens is 160 g/mol. The van der Waals surface area contributed by atoms with Crippen molar-refractivity contribution in [1.29, 1.82) is 0 Å². The van der Waals surface area contributed by atoms with E-state index in [9.17, 15) is 0 Å². The summed E-state index contributed by atoms with van der Waals surface area (Å²) in [5.41, 5.74) is 3.02. The van der Waals surface area contributed by atoms with Gasteiger partial charge in [0.05, 0.1) is 6.04 Å². The number of nitrogens with zero attached hydrogens (tertiary/aromatic N) is 1. The standard InChI is InChI=1S/C11H18N2/c1-8(2)10-11-9(4-6-12-10)5-7-13(11)3/h5,7-8,10,12H,4,6H2,1-3H3. The summed E-state index contributed by atoms with van der Waals surface area (Å²) in [5, 5.41) is 3.58. The van der Waals surface area contributed by atoms with E-state index in [1.54, 1.807) is 0 Å². The first-order chi connectivity index (χ1) is 6.20. The van der Waals surface area contributed by atoms with Crippen molar-refractivity contribution < 1.29 is 0 Å². The highest BCUT2D eigenvalue weighted by Gasteiger charge is 2.24. The Bertz CT molecular complexity index is 299. The van der Waals surface area contributed by atoms with E-state index in [1.807, 2.05) is 0 Å². The summed E-state index contributed by atoms with van der Waals surface area (Å²) < 4.78 is 2.26. The first-order valence-corrected chi connectivity index (χ1v) is 5.07. The molecule has 1 atom stereocenters. The van der Waals surface area contributed by atoms with Crippen LogP contribution in [0.1, 0.15) is 31.1 Å². The second-order valence-electron chi connectivity index (χ2n) is 4.26. The Kier molecular flexibility index (Phi) is 2.16. The molecule has 2 heterocycles. The topological polar surface area (TPSA) is 17.0 Å². The zero-order valence-electron chi connectivity index (χ0n) is 8.67. The molecule has 0 aliphatic carbocycles. The van der Waals surface area contributed by atoms with Crippen molar-refractivity contribution in [2.24, 2.45) is 13.0 Å². The molecule has 0 aromatic carbocycles. The van der Waals surface area contributed by atoms with E-state index in [2.05, 4.69) is 43.0 Å². The summed E-state index contributed by atoms with van der Waals surface area (Å²) in [6.07, 6.45) is 3.35. The van der Waals surface area contributed by atoms with Crippen LogP contribution in [0.15, 0.2) is 12.3 Å². The van der Waals surface area contributed by atoms with Gasteiger partial charge in [-0.25, -0.2) is 0 Å². The number of nitrogens with one attached hydrogen (secondary N) is 1. The van der Waals surface area contributed by atoms with E-state index in [1.165, 1.54) is 17.7 Å². The van der Waals surface area contributed by atoms with Crippen molar-refractivity contribution in [3.05, 3.63) is 23.5 Å². The van der Waals surface area contributed by atoms with Gasteiger partial charge in [0.1, 0.15) is 0 Å². The van der Waals surface area contributed by atoms with Crippen molar-refractivity contribution in [2.45, 2.75) is 26.3 Å². The minimum absolute atomic E-state index is 0.545. The number of fused-ring (bicyclic) bond motifs is 1. The number of rotatable bonds is 1. The Hall–Kier alpha value is -0.760. The smallest absolute Gasteiger partial charge is 0.0501 e. The van der Waals surface area contributed by atoms with Crippen LogP contribution in [0.4, 0.5) is 0 Å². The van der Waals surface area contributed by atoms with Crippen LogP contribution in [-0.2, 0) is 13.5 Å². The number of aryl methyl sites for hydroxylation is 1. The average Bonchev–Trinajstić information content (AvgIpc) is 2.48. The summed E-state index contributed by atoms with van der Waals surface area (Å²) in [6.45, 7) is 5.68. The molecule has 1 unspecified atom stereocenters. The third-order valence-corrected chi connectivity index (χ3v) is 2.93. The lowest BCUT2D eigenvalue weighted by Crippen LogP contribution is -2.33. The summed E-state index contributed by atoms with van der Waals surface area (Å²) in [4.78, 5) is 0. The molecule has 2 nitrogen and oxygen atoms in total. The minimum atomic E-state index is 0.545. The maximum Gasteiger partial charge on any atom is 0.0501 e. The van der Waals surface area contributed by atoms with E-state index in [0.717, 1.165) is 6.54 Å². The van der Waals surface area contributed by atoms with Crippen molar-refractivity contribution in [3.63, 3.8) is 0 Å². The van der Waals surface area contributed by atoms with Crippen LogP contribution < -0.4 is 5.32 Å². The highest BCUT2D eigenvalue weighted by atomic mass is 15.0. The molecule has 2 rings (SSSR count). The molecule has 1 aliphatic rings. The lowest BCUT2D eigenvalue weighted by atomic mass is 9.93. The van der Waals surface area contributed by atoms with Gasteiger partial charge in [-0.1, -0.05) is 13.8 Å². The zero-order chi connectivity index (χ0) is 9.42. The van der Waals surface area contributed by atoms with Crippen molar-refractivity contribution in [3.8, 4) is 0 Å². The van der Waals surface area contributed by atoms with Gasteiger partial charge < -0.3 is 9.88 Å². The largest absolute Gasteiger partial charge is 0.353 e. The minimum Gasteiger partial charge on any atom is -0.353 e. The maximum absolute atomic E-state index is 3.58. The zero-order valence-corrected chi connectivity index (χ0v) is 8.67. The third kappa shape index (κ3) is 1.39. The van der Waals surface area contributed by atoms with Gasteiger partial charge in [0.25, 0.3) is 0 Å². The third-order valence-electron chi connectivity index (χ3n) is 2.93. The van der Waals surface area contributed by atoms with Crippen LogP contribution in [0.2, 0.25) is 0 Å². The first kappa shape index (κ1) is 8.82. The molecule has 0 radical (unpaired) electrons. The van der Waals surface area contributed by atoms with Crippen LogP contribution in [0.25, 0.3) is 0 Å².